The Morgan fingerprint density at radius 3 is 2.95 bits per heavy atom. The van der Waals surface area contributed by atoms with E-state index in [9.17, 15) is 4.79 Å². The van der Waals surface area contributed by atoms with Crippen LogP contribution >= 0.6 is 22.9 Å². The van der Waals surface area contributed by atoms with Crippen LogP contribution in [0.5, 0.6) is 11.5 Å². The molecule has 2 heterocycles. The number of nitrogens with zero attached hydrogens (tertiary/aromatic N) is 1. The predicted octanol–water partition coefficient (Wildman–Crippen LogP) is 4.44. The molecule has 100 valence electrons. The summed E-state index contributed by atoms with van der Waals surface area (Å²) in [7, 11) is 0. The quantitative estimate of drug-likeness (QED) is 0.777. The number of fused-ring (bicyclic) bond motifs is 1. The predicted molar refractivity (Wildman–Crippen MR) is 78.1 cm³/mol. The molecule has 0 saturated carbocycles. The molecule has 6 heteroatoms. The van der Waals surface area contributed by atoms with Crippen LogP contribution < -0.4 is 4.74 Å². The number of thiophene rings is 1. The first-order valence-electron chi connectivity index (χ1n) is 5.68. The minimum Gasteiger partial charge on any atom is -0.477 e. The van der Waals surface area contributed by atoms with Gasteiger partial charge in [-0.1, -0.05) is 11.6 Å². The van der Waals surface area contributed by atoms with Crippen LogP contribution in [0.25, 0.3) is 10.9 Å². The average molecular weight is 306 g/mol. The number of hydrogen-bond acceptors (Lipinski definition) is 4. The summed E-state index contributed by atoms with van der Waals surface area (Å²) in [5, 5.41) is 11.9. The summed E-state index contributed by atoms with van der Waals surface area (Å²) in [6, 6.07) is 8.58. The fourth-order valence-corrected chi connectivity index (χ4v) is 2.67. The summed E-state index contributed by atoms with van der Waals surface area (Å²) in [5.74, 6) is 0.0466. The standard InChI is InChI=1S/C14H8ClNO3S/c15-10-3-4-11(13-9(10)2-1-5-16-13)19-8-6-12(14(17)18)20-7-8/h1-7H,(H,17,18). The van der Waals surface area contributed by atoms with Gasteiger partial charge in [-0.15, -0.1) is 11.3 Å². The lowest BCUT2D eigenvalue weighted by atomic mass is 10.2. The van der Waals surface area contributed by atoms with Gasteiger partial charge in [-0.3, -0.25) is 4.98 Å². The van der Waals surface area contributed by atoms with Crippen LogP contribution in [0.2, 0.25) is 5.02 Å². The lowest BCUT2D eigenvalue weighted by molar-refractivity contribution is 0.0702. The smallest absolute Gasteiger partial charge is 0.346 e. The van der Waals surface area contributed by atoms with E-state index in [2.05, 4.69) is 4.98 Å². The summed E-state index contributed by atoms with van der Waals surface area (Å²) in [6.07, 6.45) is 1.65. The van der Waals surface area contributed by atoms with Crippen molar-refractivity contribution in [3.8, 4) is 11.5 Å². The molecule has 3 rings (SSSR count). The van der Waals surface area contributed by atoms with Crippen LogP contribution in [0.1, 0.15) is 9.67 Å². The Kier molecular flexibility index (Phi) is 3.30. The number of halogens is 1. The van der Waals surface area contributed by atoms with Gasteiger partial charge in [-0.2, -0.15) is 0 Å². The highest BCUT2D eigenvalue weighted by atomic mass is 35.5. The maximum absolute atomic E-state index is 10.8. The van der Waals surface area contributed by atoms with E-state index in [1.807, 2.05) is 6.07 Å². The molecule has 0 aliphatic carbocycles. The second-order valence-electron chi connectivity index (χ2n) is 4.00. The van der Waals surface area contributed by atoms with Gasteiger partial charge in [0.25, 0.3) is 0 Å². The van der Waals surface area contributed by atoms with Gasteiger partial charge >= 0.3 is 5.97 Å². The lowest BCUT2D eigenvalue weighted by Gasteiger charge is -2.07. The Balaban J connectivity index is 2.02. The summed E-state index contributed by atoms with van der Waals surface area (Å²) >= 11 is 7.22. The zero-order chi connectivity index (χ0) is 14.1. The van der Waals surface area contributed by atoms with Crippen LogP contribution in [-0.4, -0.2) is 16.1 Å². The highest BCUT2D eigenvalue weighted by Crippen LogP contribution is 2.34. The zero-order valence-electron chi connectivity index (χ0n) is 10.0. The Bertz CT molecular complexity index is 800. The minimum atomic E-state index is -0.969. The summed E-state index contributed by atoms with van der Waals surface area (Å²) in [5.41, 5.74) is 0.642. The van der Waals surface area contributed by atoms with Gasteiger partial charge in [0.2, 0.25) is 0 Å². The summed E-state index contributed by atoms with van der Waals surface area (Å²) in [6.45, 7) is 0. The third-order valence-electron chi connectivity index (χ3n) is 2.69. The Labute approximate surface area is 123 Å². The average Bonchev–Trinajstić information content (AvgIpc) is 2.91. The molecule has 2 aromatic heterocycles. The van der Waals surface area contributed by atoms with Crippen molar-refractivity contribution in [2.24, 2.45) is 0 Å². The Morgan fingerprint density at radius 2 is 2.20 bits per heavy atom. The molecule has 0 fully saturated rings. The Morgan fingerprint density at radius 1 is 1.35 bits per heavy atom. The molecule has 1 N–H and O–H groups in total. The fourth-order valence-electron chi connectivity index (χ4n) is 1.81. The number of hydrogen-bond donors (Lipinski definition) is 1. The van der Waals surface area contributed by atoms with Crippen molar-refractivity contribution >= 4 is 39.8 Å². The van der Waals surface area contributed by atoms with Gasteiger partial charge in [0.05, 0.1) is 5.02 Å². The van der Waals surface area contributed by atoms with E-state index >= 15 is 0 Å². The van der Waals surface area contributed by atoms with E-state index in [4.69, 9.17) is 21.4 Å². The van der Waals surface area contributed by atoms with E-state index < -0.39 is 5.97 Å². The molecule has 0 radical (unpaired) electrons. The molecular formula is C14H8ClNO3S. The lowest BCUT2D eigenvalue weighted by Crippen LogP contribution is -1.91. The molecule has 0 bridgehead atoms. The first-order chi connectivity index (χ1) is 9.65. The maximum Gasteiger partial charge on any atom is 0.346 e. The number of carboxylic acids is 1. The summed E-state index contributed by atoms with van der Waals surface area (Å²) < 4.78 is 5.70. The summed E-state index contributed by atoms with van der Waals surface area (Å²) in [4.78, 5) is 15.3. The number of carboxylic acid groups (broad SMARTS) is 1. The molecule has 0 amide bonds. The van der Waals surface area contributed by atoms with Gasteiger partial charge in [0.15, 0.2) is 5.75 Å². The maximum atomic E-state index is 10.8. The second kappa shape index (κ2) is 5.11. The molecule has 3 aromatic rings. The molecular weight excluding hydrogens is 298 g/mol. The molecule has 0 aliphatic heterocycles. The van der Waals surface area contributed by atoms with Gasteiger partial charge < -0.3 is 9.84 Å². The normalized spacial score (nSPS) is 10.7. The van der Waals surface area contributed by atoms with Crippen LogP contribution in [0, 0.1) is 0 Å². The van der Waals surface area contributed by atoms with Crippen molar-refractivity contribution < 1.29 is 14.6 Å². The number of aromatic nitrogens is 1. The molecule has 0 atom stereocenters. The van der Waals surface area contributed by atoms with E-state index in [1.54, 1.807) is 29.8 Å². The molecule has 20 heavy (non-hydrogen) atoms. The van der Waals surface area contributed by atoms with E-state index in [1.165, 1.54) is 6.07 Å². The number of aromatic carboxylic acids is 1. The van der Waals surface area contributed by atoms with Crippen molar-refractivity contribution in [2.75, 3.05) is 0 Å². The largest absolute Gasteiger partial charge is 0.477 e. The van der Waals surface area contributed by atoms with Crippen molar-refractivity contribution in [1.29, 1.82) is 0 Å². The fraction of sp³-hybridized carbons (Fsp3) is 0. The van der Waals surface area contributed by atoms with Gasteiger partial charge in [-0.05, 0) is 24.3 Å². The first-order valence-corrected chi connectivity index (χ1v) is 6.94. The number of ether oxygens (including phenoxy) is 1. The highest BCUT2D eigenvalue weighted by molar-refractivity contribution is 7.12. The van der Waals surface area contributed by atoms with Crippen LogP contribution in [0.4, 0.5) is 0 Å². The van der Waals surface area contributed by atoms with Crippen molar-refractivity contribution in [1.82, 2.24) is 4.98 Å². The van der Waals surface area contributed by atoms with Crippen molar-refractivity contribution in [2.45, 2.75) is 0 Å². The van der Waals surface area contributed by atoms with Gasteiger partial charge in [0.1, 0.15) is 16.1 Å². The molecule has 1 aromatic carbocycles. The molecule has 0 unspecified atom stereocenters. The molecule has 0 spiro atoms. The van der Waals surface area contributed by atoms with Crippen molar-refractivity contribution in [3.05, 3.63) is 51.8 Å². The van der Waals surface area contributed by atoms with E-state index in [-0.39, 0.29) is 4.88 Å². The third-order valence-corrected chi connectivity index (χ3v) is 3.92. The third kappa shape index (κ3) is 2.33. The number of rotatable bonds is 3. The number of carbonyl (C=O) groups is 1. The number of pyridine rings is 1. The van der Waals surface area contributed by atoms with Gasteiger partial charge in [0, 0.05) is 23.0 Å². The van der Waals surface area contributed by atoms with Crippen LogP contribution in [-0.2, 0) is 0 Å². The Hall–Kier alpha value is -2.11. The first kappa shape index (κ1) is 12.9. The van der Waals surface area contributed by atoms with E-state index in [0.717, 1.165) is 16.7 Å². The minimum absolute atomic E-state index is 0.228. The van der Waals surface area contributed by atoms with Gasteiger partial charge in [-0.25, -0.2) is 4.79 Å². The molecule has 4 nitrogen and oxygen atoms in total. The zero-order valence-corrected chi connectivity index (χ0v) is 11.6. The van der Waals surface area contributed by atoms with Crippen LogP contribution in [0.3, 0.4) is 0 Å². The number of benzene rings is 1. The van der Waals surface area contributed by atoms with E-state index in [0.29, 0.717) is 22.0 Å². The second-order valence-corrected chi connectivity index (χ2v) is 5.32. The topological polar surface area (TPSA) is 59.4 Å². The SMILES string of the molecule is O=C(O)c1cc(Oc2ccc(Cl)c3cccnc23)cs1. The monoisotopic (exact) mass is 305 g/mol. The van der Waals surface area contributed by atoms with Crippen molar-refractivity contribution in [3.63, 3.8) is 0 Å². The highest BCUT2D eigenvalue weighted by Gasteiger charge is 2.11. The van der Waals surface area contributed by atoms with Crippen LogP contribution in [0.15, 0.2) is 41.9 Å². The molecule has 0 aliphatic rings. The molecule has 0 saturated heterocycles.